The molecule has 2 aromatic rings. The Kier molecular flexibility index (Phi) is 5.77. The van der Waals surface area contributed by atoms with Crippen LogP contribution in [-0.2, 0) is 4.79 Å². The van der Waals surface area contributed by atoms with Gasteiger partial charge < -0.3 is 10.1 Å². The predicted octanol–water partition coefficient (Wildman–Crippen LogP) is 3.30. The summed E-state index contributed by atoms with van der Waals surface area (Å²) in [4.78, 5) is 20.6. The van der Waals surface area contributed by atoms with E-state index in [2.05, 4.69) is 15.3 Å². The molecule has 0 aliphatic rings. The van der Waals surface area contributed by atoms with E-state index in [-0.39, 0.29) is 11.2 Å². The zero-order valence-electron chi connectivity index (χ0n) is 12.9. The number of aromatic nitrogens is 2. The summed E-state index contributed by atoms with van der Waals surface area (Å²) < 4.78 is 5.10. The number of thioether (sulfide) groups is 1. The summed E-state index contributed by atoms with van der Waals surface area (Å²) in [6, 6.07) is 9.16. The maximum Gasteiger partial charge on any atom is 0.237 e. The van der Waals surface area contributed by atoms with Crippen molar-refractivity contribution in [2.24, 2.45) is 0 Å². The second-order valence-corrected chi connectivity index (χ2v) is 5.95. The summed E-state index contributed by atoms with van der Waals surface area (Å²) in [6.45, 7) is 3.89. The van der Waals surface area contributed by atoms with Gasteiger partial charge in [0, 0.05) is 11.4 Å². The fourth-order valence-corrected chi connectivity index (χ4v) is 2.83. The van der Waals surface area contributed by atoms with Gasteiger partial charge in [0.25, 0.3) is 0 Å². The number of benzene rings is 1. The van der Waals surface area contributed by atoms with Gasteiger partial charge in [-0.05, 0) is 43.7 Å². The third kappa shape index (κ3) is 4.46. The van der Waals surface area contributed by atoms with Crippen LogP contribution in [0, 0.1) is 6.92 Å². The van der Waals surface area contributed by atoms with Gasteiger partial charge >= 0.3 is 0 Å². The molecule has 0 saturated carbocycles. The Morgan fingerprint density at radius 1 is 1.32 bits per heavy atom. The number of nitrogens with one attached hydrogen (secondary N) is 1. The summed E-state index contributed by atoms with van der Waals surface area (Å²) in [5.41, 5.74) is 1.65. The van der Waals surface area contributed by atoms with E-state index in [4.69, 9.17) is 4.74 Å². The summed E-state index contributed by atoms with van der Waals surface area (Å²) >= 11 is 1.45. The lowest BCUT2D eigenvalue weighted by Crippen LogP contribution is -2.24. The molecular formula is C16H19N3O2S. The van der Waals surface area contributed by atoms with Crippen molar-refractivity contribution in [1.82, 2.24) is 9.97 Å². The smallest absolute Gasteiger partial charge is 0.237 e. The molecule has 0 spiro atoms. The van der Waals surface area contributed by atoms with Gasteiger partial charge in [0.15, 0.2) is 0 Å². The van der Waals surface area contributed by atoms with Crippen molar-refractivity contribution < 1.29 is 9.53 Å². The Bertz CT molecular complexity index is 632. The van der Waals surface area contributed by atoms with Crippen molar-refractivity contribution in [3.63, 3.8) is 0 Å². The summed E-state index contributed by atoms with van der Waals surface area (Å²) in [6.07, 6.45) is 2.24. The van der Waals surface area contributed by atoms with Gasteiger partial charge in [0.05, 0.1) is 12.4 Å². The molecule has 0 saturated heterocycles. The standard InChI is InChI=1S/C16H19N3O2S/c1-4-14(22-15-9-11(2)17-10-18-15)16(20)19-12-5-7-13(21-3)8-6-12/h5-10,14H,4H2,1-3H3,(H,19,20)/t14-/m1/s1. The van der Waals surface area contributed by atoms with E-state index in [0.717, 1.165) is 28.6 Å². The number of aryl methyl sites for hydroxylation is 1. The normalized spacial score (nSPS) is 11.8. The number of methoxy groups -OCH3 is 1. The van der Waals surface area contributed by atoms with E-state index in [9.17, 15) is 4.79 Å². The number of rotatable bonds is 6. The molecule has 6 heteroatoms. The van der Waals surface area contributed by atoms with Crippen molar-refractivity contribution in [3.8, 4) is 5.75 Å². The van der Waals surface area contributed by atoms with Crippen LogP contribution < -0.4 is 10.1 Å². The minimum atomic E-state index is -0.198. The number of carbonyl (C=O) groups excluding carboxylic acids is 1. The number of hydrogen-bond donors (Lipinski definition) is 1. The molecule has 2 rings (SSSR count). The lowest BCUT2D eigenvalue weighted by molar-refractivity contribution is -0.115. The number of amides is 1. The fraction of sp³-hybridized carbons (Fsp3) is 0.312. The van der Waals surface area contributed by atoms with Gasteiger partial charge in [0.1, 0.15) is 17.1 Å². The second kappa shape index (κ2) is 7.79. The predicted molar refractivity (Wildman–Crippen MR) is 88.3 cm³/mol. The summed E-state index contributed by atoms with van der Waals surface area (Å²) in [7, 11) is 1.61. The molecule has 0 bridgehead atoms. The van der Waals surface area contributed by atoms with E-state index >= 15 is 0 Å². The fourth-order valence-electron chi connectivity index (χ4n) is 1.86. The van der Waals surface area contributed by atoms with Gasteiger partial charge in [-0.3, -0.25) is 4.79 Å². The van der Waals surface area contributed by atoms with Crippen molar-refractivity contribution in [1.29, 1.82) is 0 Å². The average molecular weight is 317 g/mol. The van der Waals surface area contributed by atoms with Crippen LogP contribution in [-0.4, -0.2) is 28.2 Å². The molecule has 0 aliphatic heterocycles. The monoisotopic (exact) mass is 317 g/mol. The molecule has 1 N–H and O–H groups in total. The Labute approximate surface area is 134 Å². The molecule has 0 fully saturated rings. The Hall–Kier alpha value is -2.08. The van der Waals surface area contributed by atoms with Crippen molar-refractivity contribution in [2.45, 2.75) is 30.5 Å². The first kappa shape index (κ1) is 16.3. The van der Waals surface area contributed by atoms with Crippen LogP contribution in [0.25, 0.3) is 0 Å². The molecule has 22 heavy (non-hydrogen) atoms. The Morgan fingerprint density at radius 3 is 2.64 bits per heavy atom. The first-order valence-electron chi connectivity index (χ1n) is 7.02. The number of anilines is 1. The highest BCUT2D eigenvalue weighted by Crippen LogP contribution is 2.25. The summed E-state index contributed by atoms with van der Waals surface area (Å²) in [5, 5.41) is 3.53. The first-order chi connectivity index (χ1) is 10.6. The minimum absolute atomic E-state index is 0.0334. The highest BCUT2D eigenvalue weighted by Gasteiger charge is 2.18. The zero-order valence-corrected chi connectivity index (χ0v) is 13.7. The highest BCUT2D eigenvalue weighted by atomic mass is 32.2. The van der Waals surface area contributed by atoms with Crippen LogP contribution in [0.4, 0.5) is 5.69 Å². The van der Waals surface area contributed by atoms with Crippen molar-refractivity contribution in [2.75, 3.05) is 12.4 Å². The SMILES string of the molecule is CC[C@@H](Sc1cc(C)ncn1)C(=O)Nc1ccc(OC)cc1. The van der Waals surface area contributed by atoms with E-state index in [1.165, 1.54) is 18.1 Å². The molecule has 1 heterocycles. The van der Waals surface area contributed by atoms with Crippen LogP contribution >= 0.6 is 11.8 Å². The molecular weight excluding hydrogens is 298 g/mol. The minimum Gasteiger partial charge on any atom is -0.497 e. The number of nitrogens with zero attached hydrogens (tertiary/aromatic N) is 2. The molecule has 1 aromatic heterocycles. The first-order valence-corrected chi connectivity index (χ1v) is 7.90. The zero-order chi connectivity index (χ0) is 15.9. The van der Waals surface area contributed by atoms with Gasteiger partial charge in [0.2, 0.25) is 5.91 Å². The maximum atomic E-state index is 12.4. The lowest BCUT2D eigenvalue weighted by Gasteiger charge is -2.14. The van der Waals surface area contributed by atoms with E-state index < -0.39 is 0 Å². The molecule has 0 unspecified atom stereocenters. The van der Waals surface area contributed by atoms with Crippen LogP contribution in [0.5, 0.6) is 5.75 Å². The summed E-state index contributed by atoms with van der Waals surface area (Å²) in [5.74, 6) is 0.727. The van der Waals surface area contributed by atoms with Crippen molar-refractivity contribution in [3.05, 3.63) is 42.4 Å². The van der Waals surface area contributed by atoms with E-state index in [1.54, 1.807) is 7.11 Å². The molecule has 1 aromatic carbocycles. The van der Waals surface area contributed by atoms with Gasteiger partial charge in [-0.15, -0.1) is 0 Å². The maximum absolute atomic E-state index is 12.4. The van der Waals surface area contributed by atoms with Crippen molar-refractivity contribution >= 4 is 23.4 Å². The van der Waals surface area contributed by atoms with Gasteiger partial charge in [-0.1, -0.05) is 18.7 Å². The van der Waals surface area contributed by atoms with E-state index in [1.807, 2.05) is 44.2 Å². The van der Waals surface area contributed by atoms with Gasteiger partial charge in [-0.2, -0.15) is 0 Å². The van der Waals surface area contributed by atoms with Crippen LogP contribution in [0.15, 0.2) is 41.7 Å². The van der Waals surface area contributed by atoms with E-state index in [0.29, 0.717) is 0 Å². The third-order valence-corrected chi connectivity index (χ3v) is 4.36. The third-order valence-electron chi connectivity index (χ3n) is 3.06. The van der Waals surface area contributed by atoms with Crippen LogP contribution in [0.1, 0.15) is 19.0 Å². The Morgan fingerprint density at radius 2 is 2.05 bits per heavy atom. The number of carbonyl (C=O) groups is 1. The van der Waals surface area contributed by atoms with Crippen LogP contribution in [0.3, 0.4) is 0 Å². The number of ether oxygens (including phenoxy) is 1. The quantitative estimate of drug-likeness (QED) is 0.654. The Balaban J connectivity index is 2.01. The molecule has 0 radical (unpaired) electrons. The molecule has 0 aliphatic carbocycles. The molecule has 1 amide bonds. The number of hydrogen-bond acceptors (Lipinski definition) is 5. The lowest BCUT2D eigenvalue weighted by atomic mass is 10.2. The molecule has 5 nitrogen and oxygen atoms in total. The highest BCUT2D eigenvalue weighted by molar-refractivity contribution is 8.00. The largest absolute Gasteiger partial charge is 0.497 e. The molecule has 1 atom stereocenters. The van der Waals surface area contributed by atoms with Gasteiger partial charge in [-0.25, -0.2) is 9.97 Å². The van der Waals surface area contributed by atoms with Crippen LogP contribution in [0.2, 0.25) is 0 Å². The second-order valence-electron chi connectivity index (χ2n) is 4.73. The topological polar surface area (TPSA) is 64.1 Å². The average Bonchev–Trinajstić information content (AvgIpc) is 2.53. The molecule has 116 valence electrons.